The molecule has 3 heterocycles. The van der Waals surface area contributed by atoms with E-state index in [1.807, 2.05) is 0 Å². The van der Waals surface area contributed by atoms with Gasteiger partial charge in [-0.15, -0.1) is 0 Å². The Bertz CT molecular complexity index is 1190. The lowest BCUT2D eigenvalue weighted by molar-refractivity contribution is -0.146. The number of imide groups is 1. The first-order valence-corrected chi connectivity index (χ1v) is 11.9. The van der Waals surface area contributed by atoms with Gasteiger partial charge in [0.2, 0.25) is 17.7 Å². The van der Waals surface area contributed by atoms with E-state index in [0.717, 1.165) is 37.7 Å². The number of fused-ring (bicyclic) bond motifs is 4. The van der Waals surface area contributed by atoms with Crippen LogP contribution in [0.2, 0.25) is 0 Å². The van der Waals surface area contributed by atoms with Crippen molar-refractivity contribution >= 4 is 23.4 Å². The van der Waals surface area contributed by atoms with Gasteiger partial charge in [0, 0.05) is 23.3 Å². The van der Waals surface area contributed by atoms with Crippen LogP contribution < -0.4 is 10.6 Å². The third kappa shape index (κ3) is 2.94. The van der Waals surface area contributed by atoms with Crippen molar-refractivity contribution < 1.29 is 23.9 Å². The van der Waals surface area contributed by atoms with Crippen molar-refractivity contribution in [3.8, 4) is 5.75 Å². The molecule has 8 heteroatoms. The van der Waals surface area contributed by atoms with Gasteiger partial charge < -0.3 is 10.4 Å². The Hall–Kier alpha value is -3.26. The molecule has 2 saturated heterocycles. The molecule has 2 aromatic carbocycles. The second kappa shape index (κ2) is 7.63. The quantitative estimate of drug-likeness (QED) is 0.608. The molecule has 3 N–H and O–H groups in total. The van der Waals surface area contributed by atoms with E-state index in [-0.39, 0.29) is 23.6 Å². The van der Waals surface area contributed by atoms with Crippen LogP contribution in [0, 0.1) is 17.7 Å². The van der Waals surface area contributed by atoms with Crippen LogP contribution in [0.3, 0.4) is 0 Å². The van der Waals surface area contributed by atoms with Gasteiger partial charge in [-0.3, -0.25) is 24.6 Å². The number of rotatable bonds is 3. The van der Waals surface area contributed by atoms with Gasteiger partial charge in [0.25, 0.3) is 0 Å². The maximum absolute atomic E-state index is 14.3. The van der Waals surface area contributed by atoms with Gasteiger partial charge in [0.1, 0.15) is 17.1 Å². The summed E-state index contributed by atoms with van der Waals surface area (Å²) in [5.41, 5.74) is 0.201. The topological polar surface area (TPSA) is 98.7 Å². The summed E-state index contributed by atoms with van der Waals surface area (Å²) >= 11 is 0. The number of carbonyl (C=O) groups is 3. The number of nitrogens with zero attached hydrogens (tertiary/aromatic N) is 1. The van der Waals surface area contributed by atoms with Gasteiger partial charge in [0.15, 0.2) is 0 Å². The summed E-state index contributed by atoms with van der Waals surface area (Å²) in [4.78, 5) is 42.6. The summed E-state index contributed by atoms with van der Waals surface area (Å²) in [6.45, 7) is 0. The van der Waals surface area contributed by atoms with Gasteiger partial charge in [0.05, 0.1) is 11.8 Å². The smallest absolute Gasteiger partial charge is 0.250 e. The van der Waals surface area contributed by atoms with Crippen LogP contribution >= 0.6 is 0 Å². The minimum atomic E-state index is -1.50. The molecule has 2 aromatic rings. The maximum Gasteiger partial charge on any atom is 0.250 e. The molecule has 4 atom stereocenters. The van der Waals surface area contributed by atoms with Crippen molar-refractivity contribution in [1.82, 2.24) is 10.2 Å². The lowest BCUT2D eigenvalue weighted by Crippen LogP contribution is -2.54. The van der Waals surface area contributed by atoms with E-state index in [4.69, 9.17) is 0 Å². The standard InChI is InChI=1S/C26H26FN3O4/c27-15-8-11-19-18(13-15)26(25(34)28-19)22-21(20(29-26)12-14-6-9-17(31)10-7-14)23(32)30(24(22)33)16-4-2-1-3-5-16/h6-11,13,16,20-22,29,31H,1-5,12H2,(H,28,34)/t20-,21+,22+,26+/m0/s1. The molecule has 1 aliphatic carbocycles. The summed E-state index contributed by atoms with van der Waals surface area (Å²) in [6, 6.07) is 10.1. The van der Waals surface area contributed by atoms with Crippen LogP contribution in [0.5, 0.6) is 5.75 Å². The maximum atomic E-state index is 14.3. The van der Waals surface area contributed by atoms with E-state index < -0.39 is 35.1 Å². The van der Waals surface area contributed by atoms with E-state index in [9.17, 15) is 23.9 Å². The molecule has 4 aliphatic rings. The highest BCUT2D eigenvalue weighted by Gasteiger charge is 2.70. The monoisotopic (exact) mass is 463 g/mol. The van der Waals surface area contributed by atoms with Crippen LogP contribution in [-0.2, 0) is 26.3 Å². The van der Waals surface area contributed by atoms with E-state index in [2.05, 4.69) is 10.6 Å². The molecule has 1 saturated carbocycles. The first-order valence-electron chi connectivity index (χ1n) is 11.9. The fraction of sp³-hybridized carbons (Fsp3) is 0.423. The number of carbonyl (C=O) groups excluding carboxylic acids is 3. The Morgan fingerprint density at radius 3 is 2.47 bits per heavy atom. The molecule has 176 valence electrons. The third-order valence-electron chi connectivity index (χ3n) is 8.04. The summed E-state index contributed by atoms with van der Waals surface area (Å²) in [5.74, 6) is -3.05. The SMILES string of the molecule is O=C1[C@@H]2[C@H](Cc3ccc(O)cc3)N[C@@]3(C(=O)Nc4ccc(F)cc43)[C@H]2C(=O)N1C1CCCCC1. The zero-order valence-corrected chi connectivity index (χ0v) is 18.6. The predicted octanol–water partition coefficient (Wildman–Crippen LogP) is 2.83. The largest absolute Gasteiger partial charge is 0.508 e. The van der Waals surface area contributed by atoms with Crippen LogP contribution in [0.4, 0.5) is 10.1 Å². The van der Waals surface area contributed by atoms with Crippen molar-refractivity contribution in [3.63, 3.8) is 0 Å². The Balaban J connectivity index is 1.46. The van der Waals surface area contributed by atoms with Crippen molar-refractivity contribution in [1.29, 1.82) is 0 Å². The lowest BCUT2D eigenvalue weighted by atomic mass is 9.76. The fourth-order valence-electron chi connectivity index (χ4n) is 6.56. The molecule has 0 aromatic heterocycles. The number of phenols is 1. The zero-order chi connectivity index (χ0) is 23.6. The molecule has 3 amide bonds. The summed E-state index contributed by atoms with van der Waals surface area (Å²) in [7, 11) is 0. The number of anilines is 1. The number of hydrogen-bond acceptors (Lipinski definition) is 5. The highest BCUT2D eigenvalue weighted by Crippen LogP contribution is 2.54. The second-order valence-electron chi connectivity index (χ2n) is 9.92. The average Bonchev–Trinajstić information content (AvgIpc) is 3.40. The van der Waals surface area contributed by atoms with Gasteiger partial charge in [-0.1, -0.05) is 31.4 Å². The summed E-state index contributed by atoms with van der Waals surface area (Å²) < 4.78 is 14.3. The number of phenolic OH excluding ortho intramolecular Hbond substituents is 1. The molecule has 1 spiro atoms. The van der Waals surface area contributed by atoms with Crippen LogP contribution in [0.25, 0.3) is 0 Å². The number of hydrogen-bond donors (Lipinski definition) is 3. The minimum absolute atomic E-state index is 0.132. The highest BCUT2D eigenvalue weighted by atomic mass is 19.1. The molecule has 0 unspecified atom stereocenters. The minimum Gasteiger partial charge on any atom is -0.508 e. The number of halogens is 1. The fourth-order valence-corrected chi connectivity index (χ4v) is 6.56. The van der Waals surface area contributed by atoms with Crippen LogP contribution in [-0.4, -0.2) is 39.8 Å². The van der Waals surface area contributed by atoms with Gasteiger partial charge in [-0.2, -0.15) is 0 Å². The Kier molecular flexibility index (Phi) is 4.78. The van der Waals surface area contributed by atoms with Gasteiger partial charge in [-0.25, -0.2) is 4.39 Å². The first-order chi connectivity index (χ1) is 16.4. The Morgan fingerprint density at radius 1 is 1.00 bits per heavy atom. The van der Waals surface area contributed by atoms with Crippen molar-refractivity contribution in [2.75, 3.05) is 5.32 Å². The van der Waals surface area contributed by atoms with Crippen molar-refractivity contribution in [2.45, 2.75) is 56.1 Å². The van der Waals surface area contributed by atoms with Crippen molar-refractivity contribution in [2.24, 2.45) is 11.8 Å². The second-order valence-corrected chi connectivity index (χ2v) is 9.92. The molecule has 34 heavy (non-hydrogen) atoms. The summed E-state index contributed by atoms with van der Waals surface area (Å²) in [5, 5.41) is 15.8. The van der Waals surface area contributed by atoms with Gasteiger partial charge >= 0.3 is 0 Å². The molecule has 7 nitrogen and oxygen atoms in total. The Morgan fingerprint density at radius 2 is 1.74 bits per heavy atom. The van der Waals surface area contributed by atoms with E-state index in [1.165, 1.54) is 23.1 Å². The van der Waals surface area contributed by atoms with E-state index in [0.29, 0.717) is 17.7 Å². The molecule has 6 rings (SSSR count). The Labute approximate surface area is 196 Å². The number of likely N-dealkylation sites (tertiary alicyclic amines) is 1. The average molecular weight is 464 g/mol. The van der Waals surface area contributed by atoms with E-state index >= 15 is 0 Å². The molecule has 3 aliphatic heterocycles. The van der Waals surface area contributed by atoms with E-state index in [1.54, 1.807) is 24.3 Å². The zero-order valence-electron chi connectivity index (χ0n) is 18.6. The van der Waals surface area contributed by atoms with Crippen molar-refractivity contribution in [3.05, 3.63) is 59.4 Å². The third-order valence-corrected chi connectivity index (χ3v) is 8.04. The number of benzene rings is 2. The molecular weight excluding hydrogens is 437 g/mol. The molecule has 3 fully saturated rings. The lowest BCUT2D eigenvalue weighted by Gasteiger charge is -2.34. The molecule has 0 bridgehead atoms. The van der Waals surface area contributed by atoms with Crippen LogP contribution in [0.15, 0.2) is 42.5 Å². The molecule has 0 radical (unpaired) electrons. The van der Waals surface area contributed by atoms with Crippen LogP contribution in [0.1, 0.15) is 43.2 Å². The highest BCUT2D eigenvalue weighted by molar-refractivity contribution is 6.15. The van der Waals surface area contributed by atoms with Gasteiger partial charge in [-0.05, 0) is 55.2 Å². The predicted molar refractivity (Wildman–Crippen MR) is 121 cm³/mol. The summed E-state index contributed by atoms with van der Waals surface area (Å²) in [6.07, 6.45) is 4.95. The number of amides is 3. The first kappa shape index (κ1) is 21.3. The normalized spacial score (nSPS) is 30.7. The number of aromatic hydroxyl groups is 1. The number of nitrogens with one attached hydrogen (secondary N) is 2. The molecular formula is C26H26FN3O4.